The third kappa shape index (κ3) is 5.16. The molecule has 2 amide bonds. The number of carbonyl (C=O) groups excluding carboxylic acids is 2. The van der Waals surface area contributed by atoms with Crippen molar-refractivity contribution in [3.05, 3.63) is 59.7 Å². The molecular formula is C23H28N2O2S. The summed E-state index contributed by atoms with van der Waals surface area (Å²) >= 11 is 1.62. The molecule has 148 valence electrons. The number of nitrogens with zero attached hydrogens (tertiary/aromatic N) is 1. The van der Waals surface area contributed by atoms with Crippen LogP contribution < -0.4 is 10.2 Å². The summed E-state index contributed by atoms with van der Waals surface area (Å²) in [6.45, 7) is 4.19. The van der Waals surface area contributed by atoms with Gasteiger partial charge in [0.05, 0.1) is 5.75 Å². The van der Waals surface area contributed by atoms with Gasteiger partial charge in [-0.05, 0) is 48.7 Å². The lowest BCUT2D eigenvalue weighted by molar-refractivity contribution is -0.117. The van der Waals surface area contributed by atoms with Crippen LogP contribution in [0.2, 0.25) is 0 Å². The lowest BCUT2D eigenvalue weighted by atomic mass is 10.1. The fourth-order valence-corrected chi connectivity index (χ4v) is 4.60. The van der Waals surface area contributed by atoms with Crippen LogP contribution in [0.15, 0.2) is 48.5 Å². The Morgan fingerprint density at radius 2 is 1.96 bits per heavy atom. The van der Waals surface area contributed by atoms with Gasteiger partial charge < -0.3 is 5.32 Å². The summed E-state index contributed by atoms with van der Waals surface area (Å²) in [5.41, 5.74) is 3.87. The summed E-state index contributed by atoms with van der Waals surface area (Å²) < 4.78 is 0. The summed E-state index contributed by atoms with van der Waals surface area (Å²) in [5, 5.41) is 2.93. The third-order valence-corrected chi connectivity index (χ3v) is 6.07. The Morgan fingerprint density at radius 3 is 2.75 bits per heavy atom. The highest BCUT2D eigenvalue weighted by Gasteiger charge is 2.34. The van der Waals surface area contributed by atoms with Crippen molar-refractivity contribution in [3.8, 4) is 0 Å². The van der Waals surface area contributed by atoms with Crippen LogP contribution in [-0.4, -0.2) is 17.6 Å². The third-order valence-electron chi connectivity index (χ3n) is 4.86. The van der Waals surface area contributed by atoms with Crippen LogP contribution >= 0.6 is 11.8 Å². The zero-order chi connectivity index (χ0) is 19.9. The number of hydrogen-bond donors (Lipinski definition) is 1. The average molecular weight is 397 g/mol. The smallest absolute Gasteiger partial charge is 0.238 e. The molecule has 28 heavy (non-hydrogen) atoms. The largest absolute Gasteiger partial charge is 0.326 e. The maximum Gasteiger partial charge on any atom is 0.238 e. The molecule has 0 bridgehead atoms. The number of carbonyl (C=O) groups is 2. The highest BCUT2D eigenvalue weighted by molar-refractivity contribution is 8.00. The molecule has 1 saturated heterocycles. The second-order valence-corrected chi connectivity index (χ2v) is 8.32. The molecule has 1 atom stereocenters. The molecule has 0 spiro atoms. The normalized spacial score (nSPS) is 16.4. The van der Waals surface area contributed by atoms with Gasteiger partial charge in [-0.15, -0.1) is 11.8 Å². The first-order valence-corrected chi connectivity index (χ1v) is 11.0. The molecule has 0 aromatic heterocycles. The Hall–Kier alpha value is -2.27. The molecule has 2 aromatic rings. The van der Waals surface area contributed by atoms with Crippen LogP contribution in [0, 0.1) is 6.92 Å². The van der Waals surface area contributed by atoms with Gasteiger partial charge in [0, 0.05) is 17.8 Å². The lowest BCUT2D eigenvalue weighted by Crippen LogP contribution is -2.27. The van der Waals surface area contributed by atoms with E-state index in [0.717, 1.165) is 35.3 Å². The highest BCUT2D eigenvalue weighted by Crippen LogP contribution is 2.42. The van der Waals surface area contributed by atoms with Crippen LogP contribution in [0.5, 0.6) is 0 Å². The van der Waals surface area contributed by atoms with E-state index in [4.69, 9.17) is 0 Å². The minimum atomic E-state index is -0.0734. The second kappa shape index (κ2) is 9.78. The molecular weight excluding hydrogens is 368 g/mol. The predicted octanol–water partition coefficient (Wildman–Crippen LogP) is 5.68. The van der Waals surface area contributed by atoms with Crippen molar-refractivity contribution in [1.29, 1.82) is 0 Å². The molecule has 1 fully saturated rings. The summed E-state index contributed by atoms with van der Waals surface area (Å²) in [6, 6.07) is 15.9. The van der Waals surface area contributed by atoms with Crippen molar-refractivity contribution in [3.63, 3.8) is 0 Å². The molecule has 4 nitrogen and oxygen atoms in total. The first-order chi connectivity index (χ1) is 13.6. The molecule has 1 N–H and O–H groups in total. The van der Waals surface area contributed by atoms with E-state index in [0.29, 0.717) is 12.2 Å². The number of hydrogen-bond acceptors (Lipinski definition) is 3. The zero-order valence-corrected chi connectivity index (χ0v) is 17.4. The van der Waals surface area contributed by atoms with E-state index in [1.165, 1.54) is 12.8 Å². The molecule has 0 aliphatic carbocycles. The Bertz CT molecular complexity index is 837. The van der Waals surface area contributed by atoms with E-state index in [2.05, 4.69) is 12.2 Å². The minimum Gasteiger partial charge on any atom is -0.326 e. The predicted molar refractivity (Wildman–Crippen MR) is 118 cm³/mol. The Morgan fingerprint density at radius 1 is 1.14 bits per heavy atom. The summed E-state index contributed by atoms with van der Waals surface area (Å²) in [7, 11) is 0. The van der Waals surface area contributed by atoms with Crippen LogP contribution in [0.1, 0.15) is 55.5 Å². The average Bonchev–Trinajstić information content (AvgIpc) is 3.07. The van der Waals surface area contributed by atoms with Gasteiger partial charge in [0.25, 0.3) is 0 Å². The second-order valence-electron chi connectivity index (χ2n) is 7.25. The SMILES string of the molecule is CCCCCCC(=O)Nc1cccc(C2SCC(=O)N2c2cccc(C)c2)c1. The topological polar surface area (TPSA) is 49.4 Å². The van der Waals surface area contributed by atoms with Gasteiger partial charge in [-0.25, -0.2) is 0 Å². The van der Waals surface area contributed by atoms with Crippen molar-refractivity contribution in [2.24, 2.45) is 0 Å². The molecule has 5 heteroatoms. The Balaban J connectivity index is 1.72. The number of thioether (sulfide) groups is 1. The molecule has 1 aliphatic heterocycles. The number of aryl methyl sites for hydroxylation is 1. The molecule has 0 radical (unpaired) electrons. The first-order valence-electron chi connectivity index (χ1n) is 9.98. The van der Waals surface area contributed by atoms with Crippen molar-refractivity contribution in [1.82, 2.24) is 0 Å². The van der Waals surface area contributed by atoms with E-state index in [-0.39, 0.29) is 17.2 Å². The van der Waals surface area contributed by atoms with Crippen LogP contribution in [-0.2, 0) is 9.59 Å². The maximum atomic E-state index is 12.5. The molecule has 0 saturated carbocycles. The van der Waals surface area contributed by atoms with Gasteiger partial charge in [0.2, 0.25) is 11.8 Å². The molecule has 1 aliphatic rings. The van der Waals surface area contributed by atoms with E-state index < -0.39 is 0 Å². The number of amides is 2. The number of unbranched alkanes of at least 4 members (excludes halogenated alkanes) is 3. The standard InChI is InChI=1S/C23H28N2O2S/c1-3-4-5-6-13-21(26)24-19-11-8-10-18(15-19)23-25(22(27)16-28-23)20-12-7-9-17(2)14-20/h7-12,14-15,23H,3-6,13,16H2,1-2H3,(H,24,26). The van der Waals surface area contributed by atoms with E-state index in [1.807, 2.05) is 60.4 Å². The van der Waals surface area contributed by atoms with Gasteiger partial charge in [-0.2, -0.15) is 0 Å². The van der Waals surface area contributed by atoms with Crippen LogP contribution in [0.3, 0.4) is 0 Å². The van der Waals surface area contributed by atoms with Crippen molar-refractivity contribution >= 4 is 35.0 Å². The fourth-order valence-electron chi connectivity index (χ4n) is 3.43. The lowest BCUT2D eigenvalue weighted by Gasteiger charge is -2.25. The van der Waals surface area contributed by atoms with Crippen molar-refractivity contribution in [2.75, 3.05) is 16.0 Å². The van der Waals surface area contributed by atoms with Gasteiger partial charge >= 0.3 is 0 Å². The van der Waals surface area contributed by atoms with Crippen LogP contribution in [0.4, 0.5) is 11.4 Å². The summed E-state index contributed by atoms with van der Waals surface area (Å²) in [4.78, 5) is 26.6. The van der Waals surface area contributed by atoms with E-state index >= 15 is 0 Å². The first kappa shape index (κ1) is 20.5. The maximum absolute atomic E-state index is 12.5. The molecule has 2 aromatic carbocycles. The van der Waals surface area contributed by atoms with E-state index in [1.54, 1.807) is 11.8 Å². The number of nitrogens with one attached hydrogen (secondary N) is 1. The zero-order valence-electron chi connectivity index (χ0n) is 16.6. The summed E-state index contributed by atoms with van der Waals surface area (Å²) in [5.74, 6) is 0.636. The van der Waals surface area contributed by atoms with Gasteiger partial charge in [0.1, 0.15) is 5.37 Å². The molecule has 1 heterocycles. The fraction of sp³-hybridized carbons (Fsp3) is 0.391. The molecule has 3 rings (SSSR count). The quantitative estimate of drug-likeness (QED) is 0.584. The highest BCUT2D eigenvalue weighted by atomic mass is 32.2. The van der Waals surface area contributed by atoms with E-state index in [9.17, 15) is 9.59 Å². The van der Waals surface area contributed by atoms with Gasteiger partial charge in [0.15, 0.2) is 0 Å². The summed E-state index contributed by atoms with van der Waals surface area (Å²) in [6.07, 6.45) is 4.91. The minimum absolute atomic E-state index is 0.0546. The Labute approximate surface area is 171 Å². The molecule has 1 unspecified atom stereocenters. The van der Waals surface area contributed by atoms with Gasteiger partial charge in [-0.3, -0.25) is 14.5 Å². The van der Waals surface area contributed by atoms with Gasteiger partial charge in [-0.1, -0.05) is 50.5 Å². The van der Waals surface area contributed by atoms with Crippen molar-refractivity contribution < 1.29 is 9.59 Å². The number of anilines is 2. The van der Waals surface area contributed by atoms with Crippen molar-refractivity contribution in [2.45, 2.75) is 51.3 Å². The van der Waals surface area contributed by atoms with Crippen LogP contribution in [0.25, 0.3) is 0 Å². The monoisotopic (exact) mass is 396 g/mol. The number of benzene rings is 2. The Kier molecular flexibility index (Phi) is 7.15. The number of rotatable bonds is 8.